The van der Waals surface area contributed by atoms with Gasteiger partial charge in [0.05, 0.1) is 13.0 Å². The molecule has 0 spiro atoms. The molecule has 0 bridgehead atoms. The highest BCUT2D eigenvalue weighted by molar-refractivity contribution is 5.79. The second kappa shape index (κ2) is 7.45. The summed E-state index contributed by atoms with van der Waals surface area (Å²) in [5, 5.41) is 12.7. The molecule has 7 heteroatoms. The molecule has 1 saturated carbocycles. The SMILES string of the molecule is CC(C)NC1(C(=O)O)CCCC1CCOCCC(F)(F)F. The Kier molecular flexibility index (Phi) is 6.46. The zero-order chi connectivity index (χ0) is 16.1. The molecule has 2 unspecified atom stereocenters. The number of aliphatic carboxylic acids is 1. The maximum Gasteiger partial charge on any atom is 0.391 e. The lowest BCUT2D eigenvalue weighted by Gasteiger charge is -2.34. The highest BCUT2D eigenvalue weighted by atomic mass is 19.4. The fourth-order valence-electron chi connectivity index (χ4n) is 3.03. The second-order valence-corrected chi connectivity index (χ2v) is 5.93. The Hall–Kier alpha value is -0.820. The van der Waals surface area contributed by atoms with Crippen molar-refractivity contribution in [3.8, 4) is 0 Å². The third-order valence-electron chi connectivity index (χ3n) is 3.89. The predicted molar refractivity (Wildman–Crippen MR) is 72.1 cm³/mol. The summed E-state index contributed by atoms with van der Waals surface area (Å²) in [6.45, 7) is 3.57. The number of carboxylic acid groups (broad SMARTS) is 1. The van der Waals surface area contributed by atoms with E-state index in [1.165, 1.54) is 0 Å². The summed E-state index contributed by atoms with van der Waals surface area (Å²) in [5.41, 5.74) is -0.971. The van der Waals surface area contributed by atoms with Crippen LogP contribution in [0.3, 0.4) is 0 Å². The molecule has 0 aromatic heterocycles. The third kappa shape index (κ3) is 5.47. The first-order chi connectivity index (χ1) is 9.67. The standard InChI is InChI=1S/C14H24F3NO3/c1-10(2)18-13(12(19)20)6-3-4-11(13)5-8-21-9-7-14(15,16)17/h10-11,18H,3-9H2,1-2H3,(H,19,20). The fourth-order valence-corrected chi connectivity index (χ4v) is 3.03. The van der Waals surface area contributed by atoms with Crippen LogP contribution in [0.1, 0.15) is 46.0 Å². The summed E-state index contributed by atoms with van der Waals surface area (Å²) in [5.74, 6) is -0.989. The van der Waals surface area contributed by atoms with Crippen LogP contribution < -0.4 is 5.32 Å². The highest BCUT2D eigenvalue weighted by Gasteiger charge is 2.48. The zero-order valence-corrected chi connectivity index (χ0v) is 12.5. The molecule has 0 aromatic carbocycles. The van der Waals surface area contributed by atoms with Crippen molar-refractivity contribution in [3.63, 3.8) is 0 Å². The van der Waals surface area contributed by atoms with E-state index < -0.39 is 24.1 Å². The number of ether oxygens (including phenoxy) is 1. The smallest absolute Gasteiger partial charge is 0.391 e. The zero-order valence-electron chi connectivity index (χ0n) is 12.5. The first-order valence-electron chi connectivity index (χ1n) is 7.33. The normalized spacial score (nSPS) is 26.5. The van der Waals surface area contributed by atoms with Gasteiger partial charge in [0.2, 0.25) is 0 Å². The fraction of sp³-hybridized carbons (Fsp3) is 0.929. The van der Waals surface area contributed by atoms with Gasteiger partial charge in [0.25, 0.3) is 0 Å². The lowest BCUT2D eigenvalue weighted by molar-refractivity contribution is -0.148. The van der Waals surface area contributed by atoms with E-state index in [1.54, 1.807) is 0 Å². The molecule has 4 nitrogen and oxygen atoms in total. The van der Waals surface area contributed by atoms with Crippen LogP contribution in [0.15, 0.2) is 0 Å². The van der Waals surface area contributed by atoms with Gasteiger partial charge in [-0.2, -0.15) is 13.2 Å². The summed E-state index contributed by atoms with van der Waals surface area (Å²) >= 11 is 0. The minimum Gasteiger partial charge on any atom is -0.480 e. The van der Waals surface area contributed by atoms with Gasteiger partial charge in [-0.1, -0.05) is 6.42 Å². The van der Waals surface area contributed by atoms with Gasteiger partial charge < -0.3 is 9.84 Å². The number of rotatable bonds is 8. The van der Waals surface area contributed by atoms with Crippen LogP contribution >= 0.6 is 0 Å². The Morgan fingerprint density at radius 1 is 1.43 bits per heavy atom. The summed E-state index contributed by atoms with van der Waals surface area (Å²) in [7, 11) is 0. The van der Waals surface area contributed by atoms with Crippen molar-refractivity contribution in [1.29, 1.82) is 0 Å². The molecule has 2 atom stereocenters. The van der Waals surface area contributed by atoms with Crippen molar-refractivity contribution in [2.45, 2.75) is 63.7 Å². The monoisotopic (exact) mass is 311 g/mol. The molecule has 124 valence electrons. The van der Waals surface area contributed by atoms with E-state index in [2.05, 4.69) is 5.32 Å². The number of hydrogen-bond acceptors (Lipinski definition) is 3. The van der Waals surface area contributed by atoms with Gasteiger partial charge in [-0.25, -0.2) is 0 Å². The van der Waals surface area contributed by atoms with Crippen molar-refractivity contribution in [2.24, 2.45) is 5.92 Å². The van der Waals surface area contributed by atoms with Crippen LogP contribution in [0.5, 0.6) is 0 Å². The van der Waals surface area contributed by atoms with Crippen molar-refractivity contribution in [1.82, 2.24) is 5.32 Å². The molecule has 1 fully saturated rings. The van der Waals surface area contributed by atoms with Crippen molar-refractivity contribution < 1.29 is 27.8 Å². The van der Waals surface area contributed by atoms with E-state index in [9.17, 15) is 23.1 Å². The number of nitrogens with one attached hydrogen (secondary N) is 1. The van der Waals surface area contributed by atoms with Crippen LogP contribution in [0.4, 0.5) is 13.2 Å². The number of carbonyl (C=O) groups is 1. The maximum absolute atomic E-state index is 12.0. The van der Waals surface area contributed by atoms with E-state index in [1.807, 2.05) is 13.8 Å². The minimum atomic E-state index is -4.21. The Bertz CT molecular complexity index is 347. The molecule has 0 heterocycles. The molecule has 0 aromatic rings. The molecule has 1 aliphatic rings. The molecular weight excluding hydrogens is 287 g/mol. The van der Waals surface area contributed by atoms with Gasteiger partial charge in [-0.3, -0.25) is 10.1 Å². The van der Waals surface area contributed by atoms with Crippen LogP contribution in [0.2, 0.25) is 0 Å². The topological polar surface area (TPSA) is 58.6 Å². The first kappa shape index (κ1) is 18.2. The first-order valence-corrected chi connectivity index (χ1v) is 7.33. The Labute approximate surface area is 123 Å². The Morgan fingerprint density at radius 2 is 2.10 bits per heavy atom. The van der Waals surface area contributed by atoms with E-state index in [0.717, 1.165) is 12.8 Å². The van der Waals surface area contributed by atoms with E-state index in [4.69, 9.17) is 4.74 Å². The van der Waals surface area contributed by atoms with E-state index in [0.29, 0.717) is 12.8 Å². The average Bonchev–Trinajstić information content (AvgIpc) is 2.70. The highest BCUT2D eigenvalue weighted by Crippen LogP contribution is 2.38. The Balaban J connectivity index is 2.47. The molecule has 0 amide bonds. The number of hydrogen-bond donors (Lipinski definition) is 2. The largest absolute Gasteiger partial charge is 0.480 e. The molecule has 21 heavy (non-hydrogen) atoms. The van der Waals surface area contributed by atoms with Gasteiger partial charge in [-0.05, 0) is 39.0 Å². The number of carboxylic acids is 1. The van der Waals surface area contributed by atoms with Crippen LogP contribution in [0, 0.1) is 5.92 Å². The predicted octanol–water partition coefficient (Wildman–Crippen LogP) is 2.97. The summed E-state index contributed by atoms with van der Waals surface area (Å²) in [4.78, 5) is 11.6. The molecule has 0 aliphatic heterocycles. The van der Waals surface area contributed by atoms with Gasteiger partial charge in [0.1, 0.15) is 5.54 Å². The lowest BCUT2D eigenvalue weighted by atomic mass is 9.84. The molecule has 2 N–H and O–H groups in total. The third-order valence-corrected chi connectivity index (χ3v) is 3.89. The van der Waals surface area contributed by atoms with Crippen LogP contribution in [-0.2, 0) is 9.53 Å². The van der Waals surface area contributed by atoms with Crippen molar-refractivity contribution in [2.75, 3.05) is 13.2 Å². The van der Waals surface area contributed by atoms with E-state index in [-0.39, 0.29) is 25.2 Å². The molecule has 0 saturated heterocycles. The Morgan fingerprint density at radius 3 is 2.62 bits per heavy atom. The van der Waals surface area contributed by atoms with Crippen molar-refractivity contribution in [3.05, 3.63) is 0 Å². The van der Waals surface area contributed by atoms with Crippen LogP contribution in [0.25, 0.3) is 0 Å². The quantitative estimate of drug-likeness (QED) is 0.677. The molecule has 1 rings (SSSR count). The summed E-state index contributed by atoms with van der Waals surface area (Å²) in [6.07, 6.45) is -2.60. The van der Waals surface area contributed by atoms with Crippen LogP contribution in [-0.4, -0.2) is 42.0 Å². The number of alkyl halides is 3. The lowest BCUT2D eigenvalue weighted by Crippen LogP contribution is -2.57. The van der Waals surface area contributed by atoms with Gasteiger partial charge in [0.15, 0.2) is 0 Å². The van der Waals surface area contributed by atoms with Gasteiger partial charge >= 0.3 is 12.1 Å². The molecule has 1 aliphatic carbocycles. The van der Waals surface area contributed by atoms with Crippen molar-refractivity contribution >= 4 is 5.97 Å². The molecule has 0 radical (unpaired) electrons. The molecular formula is C14H24F3NO3. The van der Waals surface area contributed by atoms with Gasteiger partial charge in [0, 0.05) is 12.6 Å². The van der Waals surface area contributed by atoms with E-state index >= 15 is 0 Å². The number of halogens is 3. The second-order valence-electron chi connectivity index (χ2n) is 5.93. The average molecular weight is 311 g/mol. The maximum atomic E-state index is 12.0. The minimum absolute atomic E-state index is 0.0350. The summed E-state index contributed by atoms with van der Waals surface area (Å²) in [6, 6.07) is 0.0350. The van der Waals surface area contributed by atoms with Gasteiger partial charge in [-0.15, -0.1) is 0 Å². The summed E-state index contributed by atoms with van der Waals surface area (Å²) < 4.78 is 41.0.